The Morgan fingerprint density at radius 1 is 1.29 bits per heavy atom. The van der Waals surface area contributed by atoms with E-state index in [1.165, 1.54) is 0 Å². The molecule has 0 bridgehead atoms. The number of fused-ring (bicyclic) bond motifs is 1. The molecule has 2 rings (SSSR count). The van der Waals surface area contributed by atoms with Gasteiger partial charge in [0.25, 0.3) is 0 Å². The monoisotopic (exact) mass is 229 g/mol. The van der Waals surface area contributed by atoms with Crippen LogP contribution in [-0.2, 0) is 4.79 Å². The van der Waals surface area contributed by atoms with Gasteiger partial charge >= 0.3 is 5.97 Å². The van der Waals surface area contributed by atoms with Gasteiger partial charge in [0.2, 0.25) is 0 Å². The molecule has 0 radical (unpaired) electrons. The minimum absolute atomic E-state index is 0.571. The van der Waals surface area contributed by atoms with E-state index in [4.69, 9.17) is 5.11 Å². The summed E-state index contributed by atoms with van der Waals surface area (Å²) in [6.45, 7) is 5.65. The van der Waals surface area contributed by atoms with Gasteiger partial charge < -0.3 is 5.11 Å². The number of aryl methyl sites for hydroxylation is 2. The second-order valence-corrected chi connectivity index (χ2v) is 4.44. The SMILES string of the molecule is Cc1ccc2c(C)cc(C(C)C(=O)O)nc2c1. The van der Waals surface area contributed by atoms with Gasteiger partial charge in [-0.3, -0.25) is 9.78 Å². The van der Waals surface area contributed by atoms with E-state index in [-0.39, 0.29) is 0 Å². The number of carbonyl (C=O) groups is 1. The van der Waals surface area contributed by atoms with Crippen LogP contribution in [0.15, 0.2) is 24.3 Å². The van der Waals surface area contributed by atoms with Crippen LogP contribution in [0.5, 0.6) is 0 Å². The van der Waals surface area contributed by atoms with Crippen LogP contribution in [0.2, 0.25) is 0 Å². The molecule has 0 fully saturated rings. The number of aromatic nitrogens is 1. The topological polar surface area (TPSA) is 50.2 Å². The minimum atomic E-state index is -0.844. The Morgan fingerprint density at radius 2 is 2.00 bits per heavy atom. The number of benzene rings is 1. The largest absolute Gasteiger partial charge is 0.481 e. The normalized spacial score (nSPS) is 12.6. The van der Waals surface area contributed by atoms with Crippen molar-refractivity contribution in [2.75, 3.05) is 0 Å². The van der Waals surface area contributed by atoms with Gasteiger partial charge in [-0.2, -0.15) is 0 Å². The summed E-state index contributed by atoms with van der Waals surface area (Å²) in [5.74, 6) is -1.41. The maximum absolute atomic E-state index is 11.0. The van der Waals surface area contributed by atoms with Crippen LogP contribution in [0.4, 0.5) is 0 Å². The van der Waals surface area contributed by atoms with Crippen LogP contribution < -0.4 is 0 Å². The smallest absolute Gasteiger partial charge is 0.312 e. The number of rotatable bonds is 2. The number of carboxylic acids is 1. The summed E-state index contributed by atoms with van der Waals surface area (Å²) in [5, 5.41) is 10.1. The summed E-state index contributed by atoms with van der Waals surface area (Å²) in [6.07, 6.45) is 0. The maximum atomic E-state index is 11.0. The third-order valence-electron chi connectivity index (χ3n) is 3.01. The molecule has 0 saturated carbocycles. The zero-order valence-corrected chi connectivity index (χ0v) is 10.2. The number of carboxylic acid groups (broad SMARTS) is 1. The predicted molar refractivity (Wildman–Crippen MR) is 67.3 cm³/mol. The zero-order chi connectivity index (χ0) is 12.6. The highest BCUT2D eigenvalue weighted by Crippen LogP contribution is 2.23. The number of hydrogen-bond acceptors (Lipinski definition) is 2. The summed E-state index contributed by atoms with van der Waals surface area (Å²) in [5.41, 5.74) is 3.68. The Hall–Kier alpha value is -1.90. The van der Waals surface area contributed by atoms with E-state index in [9.17, 15) is 4.79 Å². The van der Waals surface area contributed by atoms with Gasteiger partial charge in [-0.05, 0) is 44.0 Å². The van der Waals surface area contributed by atoms with Crippen molar-refractivity contribution in [2.45, 2.75) is 26.7 Å². The molecule has 0 aliphatic carbocycles. The van der Waals surface area contributed by atoms with Crippen molar-refractivity contribution in [1.82, 2.24) is 4.98 Å². The van der Waals surface area contributed by atoms with Crippen LogP contribution in [0.1, 0.15) is 29.7 Å². The Morgan fingerprint density at radius 3 is 2.65 bits per heavy atom. The average molecular weight is 229 g/mol. The van der Waals surface area contributed by atoms with Gasteiger partial charge in [0.05, 0.1) is 17.1 Å². The lowest BCUT2D eigenvalue weighted by molar-refractivity contribution is -0.138. The lowest BCUT2D eigenvalue weighted by Gasteiger charge is -2.10. The Labute approximate surface area is 100 Å². The van der Waals surface area contributed by atoms with Crippen LogP contribution >= 0.6 is 0 Å². The molecule has 1 N–H and O–H groups in total. The summed E-state index contributed by atoms with van der Waals surface area (Å²) in [6, 6.07) is 7.91. The number of pyridine rings is 1. The highest BCUT2D eigenvalue weighted by Gasteiger charge is 2.16. The highest BCUT2D eigenvalue weighted by atomic mass is 16.4. The lowest BCUT2D eigenvalue weighted by Crippen LogP contribution is -2.09. The van der Waals surface area contributed by atoms with Crippen molar-refractivity contribution in [3.05, 3.63) is 41.1 Å². The van der Waals surface area contributed by atoms with Gasteiger partial charge in [-0.1, -0.05) is 12.1 Å². The highest BCUT2D eigenvalue weighted by molar-refractivity contribution is 5.84. The summed E-state index contributed by atoms with van der Waals surface area (Å²) in [4.78, 5) is 15.4. The first-order valence-corrected chi connectivity index (χ1v) is 5.60. The molecule has 3 heteroatoms. The van der Waals surface area contributed by atoms with Crippen molar-refractivity contribution >= 4 is 16.9 Å². The van der Waals surface area contributed by atoms with E-state index in [0.29, 0.717) is 5.69 Å². The van der Waals surface area contributed by atoms with Gasteiger partial charge in [0.1, 0.15) is 0 Å². The predicted octanol–water partition coefficient (Wildman–Crippen LogP) is 3.04. The standard InChI is InChI=1S/C14H15NO2/c1-8-4-5-11-9(2)7-12(10(3)14(16)17)15-13(11)6-8/h4-7,10H,1-3H3,(H,16,17). The van der Waals surface area contributed by atoms with Gasteiger partial charge in [0, 0.05) is 5.39 Å². The Kier molecular flexibility index (Phi) is 2.84. The van der Waals surface area contributed by atoms with Crippen molar-refractivity contribution in [1.29, 1.82) is 0 Å². The molecule has 0 aliphatic rings. The second kappa shape index (κ2) is 4.17. The third-order valence-corrected chi connectivity index (χ3v) is 3.01. The molecule has 3 nitrogen and oxygen atoms in total. The summed E-state index contributed by atoms with van der Waals surface area (Å²) >= 11 is 0. The molecule has 0 aliphatic heterocycles. The van der Waals surface area contributed by atoms with Crippen LogP contribution in [0.25, 0.3) is 10.9 Å². The summed E-state index contributed by atoms with van der Waals surface area (Å²) < 4.78 is 0. The molecule has 17 heavy (non-hydrogen) atoms. The first kappa shape index (κ1) is 11.6. The number of nitrogens with zero attached hydrogens (tertiary/aromatic N) is 1. The zero-order valence-electron chi connectivity index (χ0n) is 10.2. The fraction of sp³-hybridized carbons (Fsp3) is 0.286. The van der Waals surface area contributed by atoms with Gasteiger partial charge in [-0.25, -0.2) is 0 Å². The Balaban J connectivity index is 2.65. The maximum Gasteiger partial charge on any atom is 0.312 e. The van der Waals surface area contributed by atoms with Crippen LogP contribution in [-0.4, -0.2) is 16.1 Å². The fourth-order valence-corrected chi connectivity index (χ4v) is 1.89. The Bertz CT molecular complexity index is 590. The molecule has 1 aromatic heterocycles. The van der Waals surface area contributed by atoms with Crippen LogP contribution in [0.3, 0.4) is 0 Å². The van der Waals surface area contributed by atoms with E-state index in [1.807, 2.05) is 38.1 Å². The first-order valence-electron chi connectivity index (χ1n) is 5.60. The van der Waals surface area contributed by atoms with Gasteiger partial charge in [-0.15, -0.1) is 0 Å². The number of aliphatic carboxylic acids is 1. The molecule has 0 saturated heterocycles. The molecule has 0 spiro atoms. The van der Waals surface area contributed by atoms with Crippen molar-refractivity contribution in [3.63, 3.8) is 0 Å². The van der Waals surface area contributed by atoms with E-state index in [2.05, 4.69) is 4.98 Å². The van der Waals surface area contributed by atoms with Crippen molar-refractivity contribution < 1.29 is 9.90 Å². The van der Waals surface area contributed by atoms with E-state index in [1.54, 1.807) is 6.92 Å². The molecule has 1 atom stereocenters. The molecule has 88 valence electrons. The molecule has 0 amide bonds. The van der Waals surface area contributed by atoms with E-state index in [0.717, 1.165) is 22.0 Å². The third kappa shape index (κ3) is 2.13. The van der Waals surface area contributed by atoms with Crippen molar-refractivity contribution in [2.24, 2.45) is 0 Å². The minimum Gasteiger partial charge on any atom is -0.481 e. The molecule has 2 aromatic rings. The fourth-order valence-electron chi connectivity index (χ4n) is 1.89. The van der Waals surface area contributed by atoms with Crippen LogP contribution in [0, 0.1) is 13.8 Å². The second-order valence-electron chi connectivity index (χ2n) is 4.44. The van der Waals surface area contributed by atoms with E-state index >= 15 is 0 Å². The molecule has 1 heterocycles. The number of hydrogen-bond donors (Lipinski definition) is 1. The van der Waals surface area contributed by atoms with Crippen molar-refractivity contribution in [3.8, 4) is 0 Å². The lowest BCUT2D eigenvalue weighted by atomic mass is 10.0. The average Bonchev–Trinajstić information content (AvgIpc) is 2.27. The first-order chi connectivity index (χ1) is 7.99. The quantitative estimate of drug-likeness (QED) is 0.861. The molecule has 1 unspecified atom stereocenters. The molecular weight excluding hydrogens is 214 g/mol. The molecular formula is C14H15NO2. The van der Waals surface area contributed by atoms with E-state index < -0.39 is 11.9 Å². The summed E-state index contributed by atoms with van der Waals surface area (Å²) in [7, 11) is 0. The van der Waals surface area contributed by atoms with Gasteiger partial charge in [0.15, 0.2) is 0 Å². The molecule has 1 aromatic carbocycles.